The maximum absolute atomic E-state index is 11.4. The van der Waals surface area contributed by atoms with Gasteiger partial charge in [0.25, 0.3) is 5.91 Å². The van der Waals surface area contributed by atoms with Gasteiger partial charge >= 0.3 is 0 Å². The molecule has 6 heteroatoms. The van der Waals surface area contributed by atoms with Gasteiger partial charge in [-0.05, 0) is 42.9 Å². The Kier molecular flexibility index (Phi) is 5.54. The Balaban J connectivity index is 1.41. The van der Waals surface area contributed by atoms with E-state index in [-0.39, 0.29) is 5.69 Å². The topological polar surface area (TPSA) is 75.3 Å². The van der Waals surface area contributed by atoms with Gasteiger partial charge in [0.05, 0.1) is 12.4 Å². The second kappa shape index (κ2) is 8.11. The van der Waals surface area contributed by atoms with Crippen molar-refractivity contribution in [3.05, 3.63) is 53.5 Å². The standard InChI is InChI=1S/C23H31N5O/c1-17(2)19-6-4-18(5-7-19)14-27-10-3-8-23(15-27)9-11-28(16-23)21-13-25-12-20(26-21)22(24)29/h4-7,12-13,17H,3,8-11,14-16H2,1-2H3,(H2,24,29)/t23-/m0/s1. The van der Waals surface area contributed by atoms with Crippen molar-refractivity contribution in [3.63, 3.8) is 0 Å². The summed E-state index contributed by atoms with van der Waals surface area (Å²) in [6.45, 7) is 9.66. The lowest BCUT2D eigenvalue weighted by Crippen LogP contribution is -2.44. The fraction of sp³-hybridized carbons (Fsp3) is 0.522. The number of amides is 1. The van der Waals surface area contributed by atoms with Gasteiger partial charge in [0.15, 0.2) is 0 Å². The zero-order chi connectivity index (χ0) is 20.4. The first-order valence-corrected chi connectivity index (χ1v) is 10.6. The lowest BCUT2D eigenvalue weighted by atomic mass is 9.79. The van der Waals surface area contributed by atoms with E-state index >= 15 is 0 Å². The number of hydrogen-bond donors (Lipinski definition) is 1. The maximum Gasteiger partial charge on any atom is 0.268 e. The number of nitrogens with zero attached hydrogens (tertiary/aromatic N) is 4. The number of benzene rings is 1. The number of likely N-dealkylation sites (tertiary alicyclic amines) is 1. The van der Waals surface area contributed by atoms with Gasteiger partial charge in [0.2, 0.25) is 0 Å². The van der Waals surface area contributed by atoms with E-state index in [0.717, 1.165) is 45.0 Å². The average molecular weight is 394 g/mol. The molecule has 1 atom stereocenters. The Morgan fingerprint density at radius 2 is 1.93 bits per heavy atom. The third-order valence-corrected chi connectivity index (χ3v) is 6.43. The zero-order valence-corrected chi connectivity index (χ0v) is 17.5. The summed E-state index contributed by atoms with van der Waals surface area (Å²) in [6.07, 6.45) is 6.80. The highest BCUT2D eigenvalue weighted by molar-refractivity contribution is 5.90. The molecule has 1 spiro atoms. The smallest absolute Gasteiger partial charge is 0.268 e. The van der Waals surface area contributed by atoms with Crippen molar-refractivity contribution in [2.45, 2.75) is 45.6 Å². The highest BCUT2D eigenvalue weighted by atomic mass is 16.1. The summed E-state index contributed by atoms with van der Waals surface area (Å²) < 4.78 is 0. The average Bonchev–Trinajstić information content (AvgIpc) is 3.11. The summed E-state index contributed by atoms with van der Waals surface area (Å²) in [7, 11) is 0. The molecule has 2 aromatic rings. The third kappa shape index (κ3) is 4.42. The van der Waals surface area contributed by atoms with Gasteiger partial charge in [-0.3, -0.25) is 14.7 Å². The number of carbonyl (C=O) groups excluding carboxylic acids is 1. The monoisotopic (exact) mass is 393 g/mol. The van der Waals surface area contributed by atoms with Crippen molar-refractivity contribution in [3.8, 4) is 0 Å². The van der Waals surface area contributed by atoms with Crippen LogP contribution in [0.4, 0.5) is 5.82 Å². The van der Waals surface area contributed by atoms with Crippen molar-refractivity contribution in [1.29, 1.82) is 0 Å². The first-order chi connectivity index (χ1) is 13.9. The van der Waals surface area contributed by atoms with Gasteiger partial charge in [-0.2, -0.15) is 0 Å². The SMILES string of the molecule is CC(C)c1ccc(CN2CCC[C@]3(CCN(c4cncc(C(N)=O)n4)C3)C2)cc1. The molecule has 1 amide bonds. The number of carbonyl (C=O) groups is 1. The Labute approximate surface area is 173 Å². The van der Waals surface area contributed by atoms with Gasteiger partial charge in [0, 0.05) is 31.6 Å². The summed E-state index contributed by atoms with van der Waals surface area (Å²) >= 11 is 0. The molecule has 1 aromatic heterocycles. The molecule has 1 aromatic carbocycles. The van der Waals surface area contributed by atoms with Gasteiger partial charge in [-0.1, -0.05) is 38.1 Å². The first kappa shape index (κ1) is 19.8. The highest BCUT2D eigenvalue weighted by Gasteiger charge is 2.41. The summed E-state index contributed by atoms with van der Waals surface area (Å²) in [5.74, 6) is 0.808. The van der Waals surface area contributed by atoms with E-state index in [1.807, 2.05) is 0 Å². The molecule has 0 saturated carbocycles. The van der Waals surface area contributed by atoms with Gasteiger partial charge in [-0.15, -0.1) is 0 Å². The third-order valence-electron chi connectivity index (χ3n) is 6.43. The van der Waals surface area contributed by atoms with E-state index in [9.17, 15) is 4.79 Å². The molecular formula is C23H31N5O. The summed E-state index contributed by atoms with van der Waals surface area (Å²) in [5.41, 5.74) is 8.68. The number of anilines is 1. The summed E-state index contributed by atoms with van der Waals surface area (Å²) in [4.78, 5) is 24.9. The van der Waals surface area contributed by atoms with E-state index in [0.29, 0.717) is 11.3 Å². The minimum atomic E-state index is -0.527. The van der Waals surface area contributed by atoms with E-state index in [1.54, 1.807) is 6.20 Å². The fourth-order valence-electron chi connectivity index (χ4n) is 4.80. The molecule has 3 heterocycles. The molecule has 6 nitrogen and oxygen atoms in total. The number of aromatic nitrogens is 2. The van der Waals surface area contributed by atoms with Crippen LogP contribution in [-0.4, -0.2) is 47.0 Å². The molecule has 2 aliphatic heterocycles. The molecule has 2 aliphatic rings. The minimum Gasteiger partial charge on any atom is -0.364 e. The van der Waals surface area contributed by atoms with Crippen LogP contribution >= 0.6 is 0 Å². The van der Waals surface area contributed by atoms with Crippen LogP contribution in [-0.2, 0) is 6.54 Å². The predicted octanol–water partition coefficient (Wildman–Crippen LogP) is 3.19. The molecule has 0 radical (unpaired) electrons. The number of hydrogen-bond acceptors (Lipinski definition) is 5. The van der Waals surface area contributed by atoms with Gasteiger partial charge in [0.1, 0.15) is 11.5 Å². The molecule has 2 N–H and O–H groups in total. The van der Waals surface area contributed by atoms with E-state index < -0.39 is 5.91 Å². The lowest BCUT2D eigenvalue weighted by molar-refractivity contribution is 0.0991. The van der Waals surface area contributed by atoms with Crippen molar-refractivity contribution < 1.29 is 4.79 Å². The molecule has 2 fully saturated rings. The fourth-order valence-corrected chi connectivity index (χ4v) is 4.80. The van der Waals surface area contributed by atoms with E-state index in [4.69, 9.17) is 5.73 Å². The van der Waals surface area contributed by atoms with Gasteiger partial charge < -0.3 is 10.6 Å². The van der Waals surface area contributed by atoms with Gasteiger partial charge in [-0.25, -0.2) is 4.98 Å². The molecular weight excluding hydrogens is 362 g/mol. The normalized spacial score (nSPS) is 22.5. The molecule has 2 saturated heterocycles. The Morgan fingerprint density at radius 1 is 1.14 bits per heavy atom. The lowest BCUT2D eigenvalue weighted by Gasteiger charge is -2.40. The Morgan fingerprint density at radius 3 is 2.66 bits per heavy atom. The summed E-state index contributed by atoms with van der Waals surface area (Å²) in [5, 5.41) is 0. The molecule has 29 heavy (non-hydrogen) atoms. The predicted molar refractivity (Wildman–Crippen MR) is 115 cm³/mol. The molecule has 4 rings (SSSR count). The van der Waals surface area contributed by atoms with Crippen LogP contribution in [0.25, 0.3) is 0 Å². The maximum atomic E-state index is 11.4. The van der Waals surface area contributed by atoms with Crippen molar-refractivity contribution >= 4 is 11.7 Å². The number of piperidine rings is 1. The van der Waals surface area contributed by atoms with Crippen molar-refractivity contribution in [2.24, 2.45) is 11.1 Å². The second-order valence-corrected chi connectivity index (χ2v) is 9.01. The van der Waals surface area contributed by atoms with Crippen molar-refractivity contribution in [1.82, 2.24) is 14.9 Å². The summed E-state index contributed by atoms with van der Waals surface area (Å²) in [6, 6.07) is 9.09. The largest absolute Gasteiger partial charge is 0.364 e. The molecule has 0 bridgehead atoms. The van der Waals surface area contributed by atoms with Crippen LogP contribution in [0.2, 0.25) is 0 Å². The zero-order valence-electron chi connectivity index (χ0n) is 17.5. The van der Waals surface area contributed by atoms with Crippen LogP contribution < -0.4 is 10.6 Å². The molecule has 0 unspecified atom stereocenters. The number of primary amides is 1. The number of rotatable bonds is 5. The van der Waals surface area contributed by atoms with E-state index in [1.165, 1.54) is 30.2 Å². The van der Waals surface area contributed by atoms with Crippen LogP contribution in [0.5, 0.6) is 0 Å². The quantitative estimate of drug-likeness (QED) is 0.844. The first-order valence-electron chi connectivity index (χ1n) is 10.6. The van der Waals surface area contributed by atoms with Crippen LogP contribution in [0.15, 0.2) is 36.7 Å². The minimum absolute atomic E-state index is 0.235. The Bertz CT molecular complexity index is 866. The van der Waals surface area contributed by atoms with Crippen LogP contribution in [0.1, 0.15) is 60.6 Å². The van der Waals surface area contributed by atoms with Crippen LogP contribution in [0.3, 0.4) is 0 Å². The Hall–Kier alpha value is -2.47. The van der Waals surface area contributed by atoms with Crippen LogP contribution in [0, 0.1) is 5.41 Å². The number of nitrogens with two attached hydrogens (primary N) is 1. The van der Waals surface area contributed by atoms with Crippen molar-refractivity contribution in [2.75, 3.05) is 31.1 Å². The second-order valence-electron chi connectivity index (χ2n) is 9.01. The molecule has 0 aliphatic carbocycles. The molecule has 154 valence electrons. The van der Waals surface area contributed by atoms with E-state index in [2.05, 4.69) is 57.9 Å². The highest BCUT2D eigenvalue weighted by Crippen LogP contribution is 2.40.